The quantitative estimate of drug-likeness (QED) is 0.567. The Morgan fingerprint density at radius 3 is 2.55 bits per heavy atom. The molecule has 31 heavy (non-hydrogen) atoms. The summed E-state index contributed by atoms with van der Waals surface area (Å²) in [4.78, 5) is 37.6. The Kier molecular flexibility index (Phi) is 6.45. The average molecular weight is 429 g/mol. The minimum atomic E-state index is -1.05. The zero-order valence-electron chi connectivity index (χ0n) is 17.6. The molecule has 3 aromatic rings. The van der Waals surface area contributed by atoms with Crippen LogP contribution in [0.3, 0.4) is 0 Å². The molecular weight excluding hydrogens is 406 g/mol. The summed E-state index contributed by atoms with van der Waals surface area (Å²) < 4.78 is 22.1. The van der Waals surface area contributed by atoms with Crippen LogP contribution in [0.4, 0.5) is 0 Å². The predicted molar refractivity (Wildman–Crippen MR) is 112 cm³/mol. The lowest BCUT2D eigenvalue weighted by atomic mass is 9.92. The van der Waals surface area contributed by atoms with Crippen LogP contribution in [0.5, 0.6) is 11.5 Å². The molecule has 0 aliphatic rings. The van der Waals surface area contributed by atoms with E-state index in [1.54, 1.807) is 31.3 Å². The van der Waals surface area contributed by atoms with Crippen molar-refractivity contribution in [3.8, 4) is 11.5 Å². The maximum atomic E-state index is 13.2. The maximum absolute atomic E-state index is 13.2. The Bertz CT molecular complexity index is 1240. The fraction of sp³-hybridized carbons (Fsp3) is 0.318. The van der Waals surface area contributed by atoms with Gasteiger partial charge in [-0.2, -0.15) is 0 Å². The number of aromatic nitrogens is 1. The fourth-order valence-electron chi connectivity index (χ4n) is 3.44. The van der Waals surface area contributed by atoms with E-state index in [-0.39, 0.29) is 30.1 Å². The molecule has 1 aromatic carbocycles. The molecule has 0 amide bonds. The number of hydrogen-bond donors (Lipinski definition) is 1. The normalized spacial score (nSPS) is 12.0. The highest BCUT2D eigenvalue weighted by atomic mass is 16.5. The highest BCUT2D eigenvalue weighted by Gasteiger charge is 2.29. The number of methoxy groups -OCH3 is 3. The number of benzene rings is 1. The second-order valence-corrected chi connectivity index (χ2v) is 6.94. The van der Waals surface area contributed by atoms with E-state index in [0.717, 1.165) is 6.07 Å². The number of aryl methyl sites for hydroxylation is 1. The third kappa shape index (κ3) is 4.31. The van der Waals surface area contributed by atoms with Crippen molar-refractivity contribution in [2.45, 2.75) is 18.9 Å². The van der Waals surface area contributed by atoms with E-state index in [2.05, 4.69) is 0 Å². The molecular formula is C22H23NO8. The van der Waals surface area contributed by atoms with Crippen LogP contribution < -0.4 is 15.7 Å². The number of carbonyl (C=O) groups is 1. The van der Waals surface area contributed by atoms with E-state index in [1.807, 2.05) is 0 Å². The van der Waals surface area contributed by atoms with Crippen molar-refractivity contribution in [1.82, 2.24) is 4.57 Å². The van der Waals surface area contributed by atoms with Gasteiger partial charge in [0.1, 0.15) is 18.1 Å². The van der Waals surface area contributed by atoms with Gasteiger partial charge in [-0.1, -0.05) is 0 Å². The molecule has 1 N–H and O–H groups in total. The standard InChI is InChI=1S/C22H23NO8/c1-23-17-8-13(29-3)6-5-12(17)7-16(22(23)27)15(10-19(25)30-4)21-20(26)18(24)9-14(31-21)11-28-2/h5-9,15,26H,10-11H2,1-4H3. The number of rotatable bonds is 7. The Hall–Kier alpha value is -3.59. The van der Waals surface area contributed by atoms with Gasteiger partial charge in [0.15, 0.2) is 5.76 Å². The molecule has 164 valence electrons. The fourth-order valence-corrected chi connectivity index (χ4v) is 3.44. The summed E-state index contributed by atoms with van der Waals surface area (Å²) >= 11 is 0. The van der Waals surface area contributed by atoms with Gasteiger partial charge < -0.3 is 28.3 Å². The van der Waals surface area contributed by atoms with Crippen molar-refractivity contribution < 1.29 is 28.5 Å². The van der Waals surface area contributed by atoms with Crippen LogP contribution in [0.25, 0.3) is 10.9 Å². The molecule has 0 aliphatic carbocycles. The monoisotopic (exact) mass is 429 g/mol. The molecule has 0 fully saturated rings. The second kappa shape index (κ2) is 9.05. The van der Waals surface area contributed by atoms with Gasteiger partial charge in [-0.25, -0.2) is 0 Å². The molecule has 3 rings (SSSR count). The SMILES string of the molecule is COCc1cc(=O)c(O)c(C(CC(=O)OC)c2cc3ccc(OC)cc3n(C)c2=O)o1. The molecule has 0 bridgehead atoms. The van der Waals surface area contributed by atoms with Crippen LogP contribution in [-0.2, 0) is 27.9 Å². The van der Waals surface area contributed by atoms with Crippen LogP contribution in [0, 0.1) is 0 Å². The number of fused-ring (bicyclic) bond motifs is 1. The van der Waals surface area contributed by atoms with Gasteiger partial charge in [0.05, 0.1) is 32.1 Å². The van der Waals surface area contributed by atoms with Crippen molar-refractivity contribution in [1.29, 1.82) is 0 Å². The molecule has 0 saturated heterocycles. The van der Waals surface area contributed by atoms with E-state index in [0.29, 0.717) is 16.7 Å². The zero-order chi connectivity index (χ0) is 22.7. The van der Waals surface area contributed by atoms with Crippen LogP contribution in [0.1, 0.15) is 29.4 Å². The highest BCUT2D eigenvalue weighted by molar-refractivity contribution is 5.82. The number of pyridine rings is 1. The molecule has 1 unspecified atom stereocenters. The summed E-state index contributed by atoms with van der Waals surface area (Å²) in [5.74, 6) is -1.83. The molecule has 0 spiro atoms. The Morgan fingerprint density at radius 2 is 1.90 bits per heavy atom. The summed E-state index contributed by atoms with van der Waals surface area (Å²) in [5, 5.41) is 11.1. The molecule has 0 aliphatic heterocycles. The predicted octanol–water partition coefficient (Wildman–Crippen LogP) is 2.05. The van der Waals surface area contributed by atoms with Gasteiger partial charge in [0.2, 0.25) is 11.2 Å². The second-order valence-electron chi connectivity index (χ2n) is 6.94. The minimum absolute atomic E-state index is 0.0248. The van der Waals surface area contributed by atoms with Crippen molar-refractivity contribution in [3.63, 3.8) is 0 Å². The van der Waals surface area contributed by atoms with E-state index in [1.165, 1.54) is 25.9 Å². The topological polar surface area (TPSA) is 117 Å². The highest BCUT2D eigenvalue weighted by Crippen LogP contribution is 2.33. The van der Waals surface area contributed by atoms with Gasteiger partial charge in [-0.15, -0.1) is 0 Å². The molecule has 9 nitrogen and oxygen atoms in total. The summed E-state index contributed by atoms with van der Waals surface area (Å²) in [7, 11) is 5.74. The van der Waals surface area contributed by atoms with E-state index >= 15 is 0 Å². The van der Waals surface area contributed by atoms with Crippen LogP contribution in [0.15, 0.2) is 44.3 Å². The lowest BCUT2D eigenvalue weighted by Gasteiger charge is -2.19. The number of ether oxygens (including phenoxy) is 3. The lowest BCUT2D eigenvalue weighted by molar-refractivity contribution is -0.140. The first-order valence-corrected chi connectivity index (χ1v) is 9.40. The van der Waals surface area contributed by atoms with E-state index in [9.17, 15) is 19.5 Å². The molecule has 0 radical (unpaired) electrons. The summed E-state index contributed by atoms with van der Waals surface area (Å²) in [6.07, 6.45) is -0.319. The Balaban J connectivity index is 2.29. The molecule has 2 heterocycles. The molecule has 2 aromatic heterocycles. The number of esters is 1. The molecule has 1 atom stereocenters. The Morgan fingerprint density at radius 1 is 1.16 bits per heavy atom. The van der Waals surface area contributed by atoms with Gasteiger partial charge in [-0.05, 0) is 23.6 Å². The van der Waals surface area contributed by atoms with E-state index < -0.39 is 28.6 Å². The smallest absolute Gasteiger partial charge is 0.306 e. The van der Waals surface area contributed by atoms with Gasteiger partial charge >= 0.3 is 5.97 Å². The first kappa shape index (κ1) is 22.1. The molecule has 9 heteroatoms. The third-order valence-electron chi connectivity index (χ3n) is 5.04. The first-order chi connectivity index (χ1) is 14.8. The third-order valence-corrected chi connectivity index (χ3v) is 5.04. The minimum Gasteiger partial charge on any atom is -0.502 e. The summed E-state index contributed by atoms with van der Waals surface area (Å²) in [6, 6.07) is 7.93. The first-order valence-electron chi connectivity index (χ1n) is 9.40. The van der Waals surface area contributed by atoms with Crippen molar-refractivity contribution in [2.24, 2.45) is 7.05 Å². The van der Waals surface area contributed by atoms with Crippen molar-refractivity contribution in [2.75, 3.05) is 21.3 Å². The van der Waals surface area contributed by atoms with Gasteiger partial charge in [0.25, 0.3) is 5.56 Å². The molecule has 0 saturated carbocycles. The maximum Gasteiger partial charge on any atom is 0.306 e. The average Bonchev–Trinajstić information content (AvgIpc) is 2.77. The number of carbonyl (C=O) groups excluding carboxylic acids is 1. The van der Waals surface area contributed by atoms with Gasteiger partial charge in [-0.3, -0.25) is 14.4 Å². The van der Waals surface area contributed by atoms with E-state index in [4.69, 9.17) is 18.6 Å². The summed E-state index contributed by atoms with van der Waals surface area (Å²) in [5.41, 5.74) is -0.346. The van der Waals surface area contributed by atoms with Crippen LogP contribution in [-0.4, -0.2) is 37.0 Å². The number of hydrogen-bond acceptors (Lipinski definition) is 8. The largest absolute Gasteiger partial charge is 0.502 e. The number of aromatic hydroxyl groups is 1. The number of nitrogens with zero attached hydrogens (tertiary/aromatic N) is 1. The van der Waals surface area contributed by atoms with Crippen molar-refractivity contribution in [3.05, 3.63) is 68.0 Å². The van der Waals surface area contributed by atoms with Crippen molar-refractivity contribution >= 4 is 16.9 Å². The zero-order valence-corrected chi connectivity index (χ0v) is 17.6. The van der Waals surface area contributed by atoms with Crippen LogP contribution in [0.2, 0.25) is 0 Å². The van der Waals surface area contributed by atoms with Crippen LogP contribution >= 0.6 is 0 Å². The van der Waals surface area contributed by atoms with Gasteiger partial charge in [0, 0.05) is 31.9 Å². The lowest BCUT2D eigenvalue weighted by Crippen LogP contribution is -2.26. The summed E-state index contributed by atoms with van der Waals surface area (Å²) in [6.45, 7) is -0.0248. The Labute approximate surface area is 177 Å².